The predicted molar refractivity (Wildman–Crippen MR) is 75.3 cm³/mol. The third-order valence-electron chi connectivity index (χ3n) is 3.69. The lowest BCUT2D eigenvalue weighted by Crippen LogP contribution is -2.45. The van der Waals surface area contributed by atoms with E-state index in [4.69, 9.17) is 9.84 Å². The molecule has 7 heteroatoms. The third kappa shape index (κ3) is 2.93. The standard InChI is InChI=1S/C13H17N3O3.ClH/c17-13(18)10-2-1-9-7-14-8-11(12(9)15-10)16-3-5-19-6-4-16;/h1-2,11,14H,3-8H2,(H,17,18);1H. The van der Waals surface area contributed by atoms with Gasteiger partial charge in [0.1, 0.15) is 5.69 Å². The van der Waals surface area contributed by atoms with Gasteiger partial charge in [-0.2, -0.15) is 0 Å². The lowest BCUT2D eigenvalue weighted by Gasteiger charge is -2.37. The van der Waals surface area contributed by atoms with Crippen LogP contribution in [0.1, 0.15) is 27.8 Å². The highest BCUT2D eigenvalue weighted by Gasteiger charge is 2.29. The highest BCUT2D eigenvalue weighted by molar-refractivity contribution is 5.85. The molecule has 1 unspecified atom stereocenters. The van der Waals surface area contributed by atoms with E-state index in [1.54, 1.807) is 6.07 Å². The summed E-state index contributed by atoms with van der Waals surface area (Å²) in [7, 11) is 0. The van der Waals surface area contributed by atoms with Gasteiger partial charge < -0.3 is 15.2 Å². The van der Waals surface area contributed by atoms with Crippen LogP contribution in [-0.4, -0.2) is 53.8 Å². The number of rotatable bonds is 2. The zero-order valence-electron chi connectivity index (χ0n) is 11.0. The van der Waals surface area contributed by atoms with E-state index in [-0.39, 0.29) is 24.1 Å². The number of carboxylic acid groups (broad SMARTS) is 1. The van der Waals surface area contributed by atoms with Gasteiger partial charge in [0.2, 0.25) is 0 Å². The summed E-state index contributed by atoms with van der Waals surface area (Å²) in [6.07, 6.45) is 0. The molecule has 1 saturated heterocycles. The van der Waals surface area contributed by atoms with Crippen LogP contribution in [0.4, 0.5) is 0 Å². The van der Waals surface area contributed by atoms with Gasteiger partial charge in [0.15, 0.2) is 0 Å². The predicted octanol–water partition coefficient (Wildman–Crippen LogP) is 0.678. The molecule has 0 saturated carbocycles. The molecule has 0 spiro atoms. The van der Waals surface area contributed by atoms with E-state index in [0.29, 0.717) is 0 Å². The molecule has 2 aliphatic heterocycles. The molecule has 2 N–H and O–H groups in total. The molecule has 3 rings (SSSR count). The Morgan fingerprint density at radius 1 is 1.40 bits per heavy atom. The van der Waals surface area contributed by atoms with Crippen LogP contribution in [0.5, 0.6) is 0 Å². The molecule has 0 bridgehead atoms. The number of carbonyl (C=O) groups is 1. The Morgan fingerprint density at radius 3 is 2.85 bits per heavy atom. The molecule has 0 radical (unpaired) electrons. The Kier molecular flexibility index (Phi) is 4.93. The number of aromatic carboxylic acids is 1. The van der Waals surface area contributed by atoms with Crippen molar-refractivity contribution >= 4 is 18.4 Å². The van der Waals surface area contributed by atoms with Crippen molar-refractivity contribution in [1.82, 2.24) is 15.2 Å². The van der Waals surface area contributed by atoms with E-state index >= 15 is 0 Å². The maximum atomic E-state index is 11.1. The topological polar surface area (TPSA) is 74.7 Å². The Morgan fingerprint density at radius 2 is 2.15 bits per heavy atom. The van der Waals surface area contributed by atoms with Crippen LogP contribution >= 0.6 is 12.4 Å². The summed E-state index contributed by atoms with van der Waals surface area (Å²) >= 11 is 0. The smallest absolute Gasteiger partial charge is 0.354 e. The van der Waals surface area contributed by atoms with Gasteiger partial charge in [0, 0.05) is 26.2 Å². The molecule has 0 amide bonds. The van der Waals surface area contributed by atoms with Gasteiger partial charge in [0.25, 0.3) is 0 Å². The van der Waals surface area contributed by atoms with Crippen molar-refractivity contribution in [2.75, 3.05) is 32.8 Å². The SMILES string of the molecule is Cl.O=C(O)c1ccc2c(n1)C(N1CCOCC1)CNC2. The molecular formula is C13H18ClN3O3. The second-order valence-electron chi connectivity index (χ2n) is 4.84. The lowest BCUT2D eigenvalue weighted by molar-refractivity contribution is 0.0135. The summed E-state index contributed by atoms with van der Waals surface area (Å²) in [6, 6.07) is 3.59. The monoisotopic (exact) mass is 299 g/mol. The summed E-state index contributed by atoms with van der Waals surface area (Å²) in [5.41, 5.74) is 2.12. The third-order valence-corrected chi connectivity index (χ3v) is 3.69. The maximum absolute atomic E-state index is 11.1. The van der Waals surface area contributed by atoms with Gasteiger partial charge in [-0.25, -0.2) is 9.78 Å². The zero-order chi connectivity index (χ0) is 13.2. The van der Waals surface area contributed by atoms with Crippen LogP contribution in [0.3, 0.4) is 0 Å². The van der Waals surface area contributed by atoms with Crippen LogP contribution in [-0.2, 0) is 11.3 Å². The van der Waals surface area contributed by atoms with Crippen molar-refractivity contribution in [3.8, 4) is 0 Å². The summed E-state index contributed by atoms with van der Waals surface area (Å²) in [6.45, 7) is 4.75. The first-order valence-electron chi connectivity index (χ1n) is 6.51. The minimum absolute atomic E-state index is 0. The normalized spacial score (nSPS) is 22.7. The number of morpholine rings is 1. The first kappa shape index (κ1) is 15.2. The number of fused-ring (bicyclic) bond motifs is 1. The van der Waals surface area contributed by atoms with Gasteiger partial charge in [-0.1, -0.05) is 6.07 Å². The number of aromatic nitrogens is 1. The molecule has 1 fully saturated rings. The second kappa shape index (κ2) is 6.49. The van der Waals surface area contributed by atoms with Crippen molar-refractivity contribution in [2.45, 2.75) is 12.6 Å². The summed E-state index contributed by atoms with van der Waals surface area (Å²) in [5.74, 6) is -0.970. The number of halogens is 1. The van der Waals surface area contributed by atoms with Crippen LogP contribution in [0.2, 0.25) is 0 Å². The maximum Gasteiger partial charge on any atom is 0.354 e. The largest absolute Gasteiger partial charge is 0.477 e. The average molecular weight is 300 g/mol. The van der Waals surface area contributed by atoms with Crippen LogP contribution in [0.25, 0.3) is 0 Å². The van der Waals surface area contributed by atoms with E-state index in [1.165, 1.54) is 0 Å². The van der Waals surface area contributed by atoms with E-state index in [0.717, 1.165) is 50.7 Å². The van der Waals surface area contributed by atoms with Crippen LogP contribution in [0.15, 0.2) is 12.1 Å². The fourth-order valence-corrected chi connectivity index (χ4v) is 2.69. The quantitative estimate of drug-likeness (QED) is 0.836. The number of nitrogens with one attached hydrogen (secondary N) is 1. The summed E-state index contributed by atoms with van der Waals surface area (Å²) in [4.78, 5) is 17.7. The van der Waals surface area contributed by atoms with Crippen molar-refractivity contribution < 1.29 is 14.6 Å². The highest BCUT2D eigenvalue weighted by Crippen LogP contribution is 2.26. The Bertz CT molecular complexity index is 492. The van der Waals surface area contributed by atoms with E-state index < -0.39 is 5.97 Å². The van der Waals surface area contributed by atoms with E-state index in [9.17, 15) is 4.79 Å². The van der Waals surface area contributed by atoms with Gasteiger partial charge in [-0.15, -0.1) is 12.4 Å². The fraction of sp³-hybridized carbons (Fsp3) is 0.538. The van der Waals surface area contributed by atoms with Gasteiger partial charge in [-0.3, -0.25) is 4.90 Å². The second-order valence-corrected chi connectivity index (χ2v) is 4.84. The van der Waals surface area contributed by atoms with Crippen molar-refractivity contribution in [1.29, 1.82) is 0 Å². The molecule has 20 heavy (non-hydrogen) atoms. The van der Waals surface area contributed by atoms with Crippen molar-refractivity contribution in [3.63, 3.8) is 0 Å². The molecule has 1 aromatic heterocycles. The van der Waals surface area contributed by atoms with Gasteiger partial charge >= 0.3 is 5.97 Å². The summed E-state index contributed by atoms with van der Waals surface area (Å²) in [5, 5.41) is 12.4. The average Bonchev–Trinajstić information content (AvgIpc) is 2.47. The number of ether oxygens (including phenoxy) is 1. The fourth-order valence-electron chi connectivity index (χ4n) is 2.69. The number of hydrogen-bond acceptors (Lipinski definition) is 5. The molecule has 0 aromatic carbocycles. The molecule has 3 heterocycles. The Labute approximate surface area is 123 Å². The van der Waals surface area contributed by atoms with Crippen LogP contribution in [0, 0.1) is 0 Å². The number of carboxylic acids is 1. The zero-order valence-corrected chi connectivity index (χ0v) is 11.9. The highest BCUT2D eigenvalue weighted by atomic mass is 35.5. The molecule has 0 aliphatic carbocycles. The molecule has 110 valence electrons. The van der Waals surface area contributed by atoms with E-state index in [2.05, 4.69) is 15.2 Å². The lowest BCUT2D eigenvalue weighted by atomic mass is 10.0. The first-order chi connectivity index (χ1) is 9.25. The molecule has 2 aliphatic rings. The molecule has 1 atom stereocenters. The van der Waals surface area contributed by atoms with E-state index in [1.807, 2.05) is 6.07 Å². The molecule has 6 nitrogen and oxygen atoms in total. The molecule has 1 aromatic rings. The minimum atomic E-state index is -0.970. The van der Waals surface area contributed by atoms with Crippen LogP contribution < -0.4 is 5.32 Å². The minimum Gasteiger partial charge on any atom is -0.477 e. The first-order valence-corrected chi connectivity index (χ1v) is 6.51. The van der Waals surface area contributed by atoms with Gasteiger partial charge in [0.05, 0.1) is 24.9 Å². The summed E-state index contributed by atoms with van der Waals surface area (Å²) < 4.78 is 5.36. The van der Waals surface area contributed by atoms with Crippen molar-refractivity contribution in [3.05, 3.63) is 29.1 Å². The van der Waals surface area contributed by atoms with Gasteiger partial charge in [-0.05, 0) is 11.6 Å². The Balaban J connectivity index is 0.00000147. The van der Waals surface area contributed by atoms with Crippen molar-refractivity contribution in [2.24, 2.45) is 0 Å². The number of pyridine rings is 1. The molecular weight excluding hydrogens is 282 g/mol. The number of hydrogen-bond donors (Lipinski definition) is 2. The Hall–Kier alpha value is -1.21. The number of nitrogens with zero attached hydrogens (tertiary/aromatic N) is 2.